The number of unbranched alkanes of at least 4 members (excludes halogenated alkanes) is 5. The fraction of sp³-hybridized carbons (Fsp3) is 0.550. The third-order valence-corrected chi connectivity index (χ3v) is 5.87. The highest BCUT2D eigenvalue weighted by Gasteiger charge is 2.20. The maximum absolute atomic E-state index is 13.7. The summed E-state index contributed by atoms with van der Waals surface area (Å²) in [7, 11) is -6.00. The Morgan fingerprint density at radius 1 is 0.966 bits per heavy atom. The van der Waals surface area contributed by atoms with Crippen molar-refractivity contribution in [2.24, 2.45) is 0 Å². The summed E-state index contributed by atoms with van der Waals surface area (Å²) in [6.45, 7) is 3.74. The van der Waals surface area contributed by atoms with Gasteiger partial charge in [0.25, 0.3) is 0 Å². The van der Waals surface area contributed by atoms with Gasteiger partial charge in [0.15, 0.2) is 7.65 Å². The summed E-state index contributed by atoms with van der Waals surface area (Å²) in [4.78, 5) is 11.4. The molecule has 0 aromatic heterocycles. The maximum atomic E-state index is 13.7. The fourth-order valence-electron chi connectivity index (χ4n) is 2.26. The Bertz CT molecular complexity index is 574. The molecular formula is C20H29BF5IO2. The lowest BCUT2D eigenvalue weighted by Crippen LogP contribution is -3.59. The van der Waals surface area contributed by atoms with Gasteiger partial charge in [0, 0.05) is 12.8 Å². The Labute approximate surface area is 180 Å². The van der Waals surface area contributed by atoms with Gasteiger partial charge >= 0.3 is 34.4 Å². The zero-order valence-electron chi connectivity index (χ0n) is 16.9. The van der Waals surface area contributed by atoms with Gasteiger partial charge in [0.2, 0.25) is 0 Å². The van der Waals surface area contributed by atoms with E-state index in [0.29, 0.717) is 12.8 Å². The third-order valence-electron chi connectivity index (χ3n) is 3.45. The van der Waals surface area contributed by atoms with Crippen LogP contribution in [0, 0.1) is 3.57 Å². The topological polar surface area (TPSA) is 26.3 Å². The number of halogens is 6. The molecule has 1 rings (SSSR count). The standard InChI is InChI=1S/C20H29FIO2.BF4/c1-17(2)24-20(23)15-11-6-4-3-5-8-12-18(21)16-22-19-13-9-7-10-14-19;2-1(3,4)5/h7,9-10,13-14,16-17H,3-6,8,11-12,15H2,1-2H3;/q+1;-1/b18-16-;. The molecule has 9 heteroatoms. The zero-order valence-corrected chi connectivity index (χ0v) is 19.0. The molecule has 1 aromatic rings. The number of rotatable bonds is 12. The molecule has 2 nitrogen and oxygen atoms in total. The number of carbonyl (C=O) groups is 1. The Morgan fingerprint density at radius 2 is 1.45 bits per heavy atom. The highest BCUT2D eigenvalue weighted by Crippen LogP contribution is 2.12. The van der Waals surface area contributed by atoms with Crippen molar-refractivity contribution in [3.63, 3.8) is 0 Å². The molecule has 0 aliphatic carbocycles. The zero-order chi connectivity index (χ0) is 22.1. The van der Waals surface area contributed by atoms with Crippen LogP contribution in [-0.4, -0.2) is 19.3 Å². The van der Waals surface area contributed by atoms with E-state index in [0.717, 1.165) is 38.5 Å². The quantitative estimate of drug-likeness (QED) is 0.133. The number of ether oxygens (including phenoxy) is 1. The first-order chi connectivity index (χ1) is 13.6. The number of hydrogen-bond acceptors (Lipinski definition) is 2. The van der Waals surface area contributed by atoms with Crippen molar-refractivity contribution in [2.45, 2.75) is 71.3 Å². The van der Waals surface area contributed by atoms with Crippen molar-refractivity contribution in [2.75, 3.05) is 0 Å². The van der Waals surface area contributed by atoms with Gasteiger partial charge in [-0.3, -0.25) is 4.79 Å². The van der Waals surface area contributed by atoms with E-state index in [4.69, 9.17) is 4.74 Å². The number of benzene rings is 1. The van der Waals surface area contributed by atoms with Crippen LogP contribution in [0.15, 0.2) is 40.2 Å². The van der Waals surface area contributed by atoms with Gasteiger partial charge in [-0.1, -0.05) is 43.9 Å². The summed E-state index contributed by atoms with van der Waals surface area (Å²) in [5.74, 6) is -0.0537. The first-order valence-electron chi connectivity index (χ1n) is 9.67. The summed E-state index contributed by atoms with van der Waals surface area (Å²) in [5, 5.41) is 0. The Hall–Kier alpha value is -1.13. The minimum Gasteiger partial charge on any atom is -0.463 e. The average molecular weight is 534 g/mol. The van der Waals surface area contributed by atoms with Crippen LogP contribution in [0.4, 0.5) is 21.7 Å². The smallest absolute Gasteiger partial charge is 0.463 e. The molecule has 0 atom stereocenters. The Kier molecular flexibility index (Phi) is 16.0. The van der Waals surface area contributed by atoms with E-state index < -0.39 is 7.25 Å². The van der Waals surface area contributed by atoms with Crippen molar-refractivity contribution in [1.29, 1.82) is 0 Å². The first kappa shape index (κ1) is 27.9. The van der Waals surface area contributed by atoms with Crippen LogP contribution in [0.1, 0.15) is 65.2 Å². The minimum absolute atomic E-state index is 0.0234. The number of allylic oxidation sites excluding steroid dienone is 1. The molecule has 166 valence electrons. The van der Waals surface area contributed by atoms with E-state index in [1.165, 1.54) is 3.57 Å². The molecule has 0 saturated carbocycles. The molecule has 29 heavy (non-hydrogen) atoms. The normalized spacial score (nSPS) is 11.8. The second-order valence-electron chi connectivity index (χ2n) is 6.62. The van der Waals surface area contributed by atoms with Crippen molar-refractivity contribution in [3.05, 3.63) is 43.8 Å². The lowest BCUT2D eigenvalue weighted by atomic mass is 10.1. The van der Waals surface area contributed by atoms with Crippen molar-refractivity contribution < 1.29 is 52.4 Å². The van der Waals surface area contributed by atoms with Gasteiger partial charge in [-0.25, -0.2) is 4.39 Å². The van der Waals surface area contributed by atoms with E-state index in [2.05, 4.69) is 12.1 Å². The predicted octanol–water partition coefficient (Wildman–Crippen LogP) is 4.13. The van der Waals surface area contributed by atoms with E-state index in [9.17, 15) is 26.4 Å². The number of esters is 1. The highest BCUT2D eigenvalue weighted by molar-refractivity contribution is 6.50. The van der Waals surface area contributed by atoms with E-state index in [1.807, 2.05) is 32.0 Å². The largest absolute Gasteiger partial charge is 0.673 e. The summed E-state index contributed by atoms with van der Waals surface area (Å²) >= 11 is -0.342. The van der Waals surface area contributed by atoms with Crippen LogP contribution >= 0.6 is 0 Å². The second kappa shape index (κ2) is 16.6. The predicted molar refractivity (Wildman–Crippen MR) is 103 cm³/mol. The number of hydrogen-bond donors (Lipinski definition) is 0. The molecule has 0 aliphatic rings. The first-order valence-corrected chi connectivity index (χ1v) is 12.0. The molecule has 0 radical (unpaired) electrons. The molecule has 0 bridgehead atoms. The third kappa shape index (κ3) is 23.0. The summed E-state index contributed by atoms with van der Waals surface area (Å²) in [6.07, 6.45) is 7.18. The van der Waals surface area contributed by atoms with Crippen LogP contribution in [0.5, 0.6) is 0 Å². The lowest BCUT2D eigenvalue weighted by molar-refractivity contribution is -0.558. The van der Waals surface area contributed by atoms with Crippen molar-refractivity contribution in [1.82, 2.24) is 0 Å². The molecule has 0 unspecified atom stereocenters. The van der Waals surface area contributed by atoms with Gasteiger partial charge in [-0.05, 0) is 38.8 Å². The van der Waals surface area contributed by atoms with Crippen LogP contribution < -0.4 is 21.2 Å². The van der Waals surface area contributed by atoms with Gasteiger partial charge in [0.1, 0.15) is 5.83 Å². The highest BCUT2D eigenvalue weighted by atomic mass is 127. The Balaban J connectivity index is 0.00000139. The molecule has 1 aromatic carbocycles. The van der Waals surface area contributed by atoms with Gasteiger partial charge in [-0.15, -0.1) is 0 Å². The SMILES string of the molecule is CC(C)OC(=O)CCCCCCCC/C(F)=C/[I+]c1ccccc1.F[B-](F)(F)F. The van der Waals surface area contributed by atoms with Crippen LogP contribution in [-0.2, 0) is 9.53 Å². The molecule has 0 amide bonds. The van der Waals surface area contributed by atoms with Gasteiger partial charge < -0.3 is 22.0 Å². The second-order valence-corrected chi connectivity index (χ2v) is 9.11. The summed E-state index contributed by atoms with van der Waals surface area (Å²) in [5.41, 5.74) is 0. The molecule has 0 spiro atoms. The molecular weight excluding hydrogens is 505 g/mol. The van der Waals surface area contributed by atoms with Crippen molar-refractivity contribution in [3.8, 4) is 0 Å². The molecule has 0 fully saturated rings. The van der Waals surface area contributed by atoms with Crippen LogP contribution in [0.2, 0.25) is 0 Å². The van der Waals surface area contributed by atoms with Crippen LogP contribution in [0.3, 0.4) is 0 Å². The monoisotopic (exact) mass is 534 g/mol. The molecule has 0 heterocycles. The summed E-state index contributed by atoms with van der Waals surface area (Å²) in [6, 6.07) is 10.1. The maximum Gasteiger partial charge on any atom is 0.673 e. The lowest BCUT2D eigenvalue weighted by Gasteiger charge is -2.07. The minimum atomic E-state index is -6.00. The average Bonchev–Trinajstić information content (AvgIpc) is 2.61. The van der Waals surface area contributed by atoms with Crippen LogP contribution in [0.25, 0.3) is 0 Å². The van der Waals surface area contributed by atoms with Gasteiger partial charge in [-0.2, -0.15) is 0 Å². The van der Waals surface area contributed by atoms with Crippen molar-refractivity contribution >= 4 is 13.2 Å². The van der Waals surface area contributed by atoms with E-state index in [1.54, 1.807) is 4.08 Å². The summed E-state index contributed by atoms with van der Waals surface area (Å²) < 4.78 is 60.9. The van der Waals surface area contributed by atoms with Gasteiger partial charge in [0.05, 0.1) is 6.10 Å². The molecule has 0 N–H and O–H groups in total. The number of carbonyl (C=O) groups excluding carboxylic acids is 1. The Morgan fingerprint density at radius 3 is 1.97 bits per heavy atom. The van der Waals surface area contributed by atoms with E-state index >= 15 is 0 Å². The molecule has 0 aliphatic heterocycles. The fourth-order valence-corrected chi connectivity index (χ4v) is 4.10. The molecule has 0 saturated heterocycles. The van der Waals surface area contributed by atoms with E-state index in [-0.39, 0.29) is 39.1 Å².